The van der Waals surface area contributed by atoms with Crippen LogP contribution in [0.2, 0.25) is 0 Å². The van der Waals surface area contributed by atoms with Crippen molar-refractivity contribution in [3.8, 4) is 11.5 Å². The minimum Gasteiger partial charge on any atom is -0.465 e. The molecule has 196 valence electrons. The van der Waals surface area contributed by atoms with E-state index in [0.29, 0.717) is 6.54 Å². The molecule has 0 saturated heterocycles. The number of ether oxygens (including phenoxy) is 1. The molecule has 9 heteroatoms. The van der Waals surface area contributed by atoms with E-state index in [1.807, 2.05) is 91.4 Å². The Morgan fingerprint density at radius 1 is 1.05 bits per heavy atom. The lowest BCUT2D eigenvalue weighted by Gasteiger charge is -2.31. The van der Waals surface area contributed by atoms with Crippen LogP contribution >= 0.6 is 0 Å². The van der Waals surface area contributed by atoms with Crippen molar-refractivity contribution in [2.45, 2.75) is 26.4 Å². The van der Waals surface area contributed by atoms with Crippen LogP contribution < -0.4 is 10.2 Å². The van der Waals surface area contributed by atoms with Crippen molar-refractivity contribution in [3.05, 3.63) is 95.4 Å². The van der Waals surface area contributed by atoms with E-state index >= 15 is 0 Å². The van der Waals surface area contributed by atoms with Crippen LogP contribution in [0.25, 0.3) is 11.5 Å². The van der Waals surface area contributed by atoms with Gasteiger partial charge in [0, 0.05) is 31.5 Å². The molecule has 2 aromatic carbocycles. The van der Waals surface area contributed by atoms with Gasteiger partial charge in [0.25, 0.3) is 0 Å². The number of amides is 2. The topological polar surface area (TPSA) is 84.6 Å². The smallest absolute Gasteiger partial charge is 0.325 e. The summed E-state index contributed by atoms with van der Waals surface area (Å²) in [5.74, 6) is 0.420. The summed E-state index contributed by atoms with van der Waals surface area (Å²) in [5, 5.41) is 7.64. The number of aryl methyl sites for hydroxylation is 1. The molecule has 0 radical (unpaired) electrons. The number of hydrogen-bond acceptors (Lipinski definition) is 5. The van der Waals surface area contributed by atoms with Crippen LogP contribution in [-0.4, -0.2) is 58.5 Å². The molecule has 2 aromatic heterocycles. The quantitative estimate of drug-likeness (QED) is 0.391. The predicted molar refractivity (Wildman–Crippen MR) is 146 cm³/mol. The summed E-state index contributed by atoms with van der Waals surface area (Å²) in [6, 6.07) is 21.4. The highest BCUT2D eigenvalue weighted by Crippen LogP contribution is 2.38. The summed E-state index contributed by atoms with van der Waals surface area (Å²) >= 11 is 0. The Bertz CT molecular complexity index is 1440. The van der Waals surface area contributed by atoms with E-state index in [-0.39, 0.29) is 19.2 Å². The second kappa shape index (κ2) is 10.5. The molecule has 0 bridgehead atoms. The number of anilines is 1. The first-order valence-electron chi connectivity index (χ1n) is 12.7. The lowest BCUT2D eigenvalue weighted by molar-refractivity contribution is -0.141. The van der Waals surface area contributed by atoms with E-state index in [1.165, 1.54) is 0 Å². The normalized spacial score (nSPS) is 14.3. The Balaban J connectivity index is 1.64. The SMILES string of the molecule is CCOC(=O)CNC(=O)N1Cc2c(C)nn(-c3ccccc3)c2-n2cccc2C1c1ccc(N(C)C)cc1. The third kappa shape index (κ3) is 4.63. The number of aromatic nitrogens is 3. The van der Waals surface area contributed by atoms with Crippen molar-refractivity contribution in [1.29, 1.82) is 0 Å². The Labute approximate surface area is 222 Å². The number of rotatable bonds is 6. The van der Waals surface area contributed by atoms with Gasteiger partial charge in [0.1, 0.15) is 12.4 Å². The van der Waals surface area contributed by atoms with E-state index < -0.39 is 12.0 Å². The number of nitrogens with zero attached hydrogens (tertiary/aromatic N) is 5. The van der Waals surface area contributed by atoms with Gasteiger partial charge in [-0.25, -0.2) is 9.48 Å². The number of nitrogens with one attached hydrogen (secondary N) is 1. The summed E-state index contributed by atoms with van der Waals surface area (Å²) in [6.07, 6.45) is 2.01. The van der Waals surface area contributed by atoms with Gasteiger partial charge in [-0.05, 0) is 55.8 Å². The maximum Gasteiger partial charge on any atom is 0.325 e. The summed E-state index contributed by atoms with van der Waals surface area (Å²) in [7, 11) is 3.99. The summed E-state index contributed by atoms with van der Waals surface area (Å²) in [6.45, 7) is 4.07. The fourth-order valence-electron chi connectivity index (χ4n) is 4.92. The number of hydrogen-bond donors (Lipinski definition) is 1. The molecule has 9 nitrogen and oxygen atoms in total. The van der Waals surface area contributed by atoms with E-state index in [4.69, 9.17) is 9.84 Å². The van der Waals surface area contributed by atoms with Crippen molar-refractivity contribution in [2.75, 3.05) is 32.1 Å². The number of carbonyl (C=O) groups excluding carboxylic acids is 2. The first-order valence-corrected chi connectivity index (χ1v) is 12.7. The molecule has 5 rings (SSSR count). The summed E-state index contributed by atoms with van der Waals surface area (Å²) in [4.78, 5) is 29.6. The zero-order valence-electron chi connectivity index (χ0n) is 22.1. The highest BCUT2D eigenvalue weighted by molar-refractivity contribution is 5.81. The second-order valence-corrected chi connectivity index (χ2v) is 9.42. The minimum absolute atomic E-state index is 0.203. The largest absolute Gasteiger partial charge is 0.465 e. The van der Waals surface area contributed by atoms with Crippen LogP contribution in [-0.2, 0) is 16.1 Å². The van der Waals surface area contributed by atoms with Gasteiger partial charge in [-0.3, -0.25) is 4.79 Å². The molecule has 38 heavy (non-hydrogen) atoms. The number of benzene rings is 2. The zero-order chi connectivity index (χ0) is 26.8. The molecule has 1 atom stereocenters. The van der Waals surface area contributed by atoms with Gasteiger partial charge < -0.3 is 24.4 Å². The lowest BCUT2D eigenvalue weighted by atomic mass is 10.0. The monoisotopic (exact) mass is 512 g/mol. The van der Waals surface area contributed by atoms with E-state index in [0.717, 1.165) is 39.7 Å². The highest BCUT2D eigenvalue weighted by atomic mass is 16.5. The van der Waals surface area contributed by atoms with Crippen molar-refractivity contribution in [3.63, 3.8) is 0 Å². The van der Waals surface area contributed by atoms with Crippen molar-refractivity contribution >= 4 is 17.7 Å². The van der Waals surface area contributed by atoms with Crippen molar-refractivity contribution in [2.24, 2.45) is 0 Å². The van der Waals surface area contributed by atoms with Crippen LogP contribution in [0.4, 0.5) is 10.5 Å². The summed E-state index contributed by atoms with van der Waals surface area (Å²) < 4.78 is 9.08. The van der Waals surface area contributed by atoms with Gasteiger partial charge in [0.15, 0.2) is 0 Å². The predicted octanol–water partition coefficient (Wildman–Crippen LogP) is 4.22. The van der Waals surface area contributed by atoms with Gasteiger partial charge >= 0.3 is 12.0 Å². The minimum atomic E-state index is -0.473. The van der Waals surface area contributed by atoms with Gasteiger partial charge in [-0.1, -0.05) is 30.3 Å². The third-order valence-electron chi connectivity index (χ3n) is 6.76. The van der Waals surface area contributed by atoms with Crippen LogP contribution in [0.1, 0.15) is 35.5 Å². The average molecular weight is 513 g/mol. The summed E-state index contributed by atoms with van der Waals surface area (Å²) in [5.41, 5.74) is 5.65. The number of esters is 1. The van der Waals surface area contributed by atoms with Gasteiger partial charge in [-0.2, -0.15) is 5.10 Å². The molecule has 0 saturated carbocycles. The number of carbonyl (C=O) groups is 2. The molecule has 2 amide bonds. The number of urea groups is 1. The number of fused-ring (bicyclic) bond motifs is 3. The van der Waals surface area contributed by atoms with Crippen LogP contribution in [0.5, 0.6) is 0 Å². The van der Waals surface area contributed by atoms with E-state index in [1.54, 1.807) is 11.8 Å². The van der Waals surface area contributed by atoms with Gasteiger partial charge in [0.05, 0.1) is 36.3 Å². The molecule has 0 aliphatic carbocycles. The Hall–Kier alpha value is -4.53. The standard InChI is InChI=1S/C29H32N6O3/c1-5-38-26(36)18-30-29(37)34-19-24-20(2)31-35(23-10-7-6-8-11-23)28(24)33-17-9-12-25(33)27(34)21-13-15-22(16-14-21)32(3)4/h6-17,27H,5,18-19H2,1-4H3,(H,30,37). The van der Waals surface area contributed by atoms with E-state index in [2.05, 4.69) is 22.0 Å². The number of para-hydroxylation sites is 1. The van der Waals surface area contributed by atoms with Crippen molar-refractivity contribution < 1.29 is 14.3 Å². The molecular formula is C29H32N6O3. The van der Waals surface area contributed by atoms with Crippen LogP contribution in [0.3, 0.4) is 0 Å². The van der Waals surface area contributed by atoms with Crippen LogP contribution in [0, 0.1) is 6.92 Å². The average Bonchev–Trinajstić information content (AvgIpc) is 3.48. The second-order valence-electron chi connectivity index (χ2n) is 9.42. The lowest BCUT2D eigenvalue weighted by Crippen LogP contribution is -2.44. The first-order chi connectivity index (χ1) is 18.4. The Morgan fingerprint density at radius 3 is 2.47 bits per heavy atom. The fourth-order valence-corrected chi connectivity index (χ4v) is 4.92. The molecule has 0 fully saturated rings. The maximum atomic E-state index is 13.7. The zero-order valence-corrected chi connectivity index (χ0v) is 22.1. The molecule has 1 aliphatic heterocycles. The maximum absolute atomic E-state index is 13.7. The molecule has 3 heterocycles. The molecule has 1 unspecified atom stereocenters. The van der Waals surface area contributed by atoms with Crippen LogP contribution in [0.15, 0.2) is 72.9 Å². The van der Waals surface area contributed by atoms with Gasteiger partial charge in [0.2, 0.25) is 0 Å². The highest BCUT2D eigenvalue weighted by Gasteiger charge is 2.36. The molecule has 1 N–H and O–H groups in total. The van der Waals surface area contributed by atoms with E-state index in [9.17, 15) is 9.59 Å². The Morgan fingerprint density at radius 2 is 1.79 bits per heavy atom. The molecular weight excluding hydrogens is 480 g/mol. The molecule has 4 aromatic rings. The van der Waals surface area contributed by atoms with Gasteiger partial charge in [-0.15, -0.1) is 0 Å². The Kier molecular flexibility index (Phi) is 6.91. The first kappa shape index (κ1) is 25.1. The fraction of sp³-hybridized carbons (Fsp3) is 0.276. The van der Waals surface area contributed by atoms with Crippen molar-refractivity contribution in [1.82, 2.24) is 24.6 Å². The molecule has 0 spiro atoms. The third-order valence-corrected chi connectivity index (χ3v) is 6.76. The molecule has 1 aliphatic rings.